The summed E-state index contributed by atoms with van der Waals surface area (Å²) in [4.78, 5) is 25.1. The second-order valence-corrected chi connectivity index (χ2v) is 9.89. The Morgan fingerprint density at radius 3 is 2.47 bits per heavy atom. The maximum absolute atomic E-state index is 12.7. The predicted molar refractivity (Wildman–Crippen MR) is 129 cm³/mol. The summed E-state index contributed by atoms with van der Waals surface area (Å²) < 4.78 is 33.0. The van der Waals surface area contributed by atoms with Crippen LogP contribution in [-0.2, 0) is 21.4 Å². The normalized spacial score (nSPS) is 11.1. The molecule has 10 nitrogen and oxygen atoms in total. The number of aryl methyl sites for hydroxylation is 1. The van der Waals surface area contributed by atoms with E-state index in [0.29, 0.717) is 0 Å². The first-order valence-corrected chi connectivity index (χ1v) is 12.3. The molecule has 0 unspecified atom stereocenters. The molecule has 2 aromatic heterocycles. The molecule has 0 bridgehead atoms. The molecule has 4 N–H and O–H groups in total. The number of aromatic nitrogens is 3. The van der Waals surface area contributed by atoms with Crippen LogP contribution in [0.3, 0.4) is 0 Å². The van der Waals surface area contributed by atoms with Crippen molar-refractivity contribution < 1.29 is 17.9 Å². The van der Waals surface area contributed by atoms with Gasteiger partial charge in [0.25, 0.3) is 10.0 Å². The molecule has 0 saturated heterocycles. The number of nitrogens with zero attached hydrogens (tertiary/aromatic N) is 3. The summed E-state index contributed by atoms with van der Waals surface area (Å²) in [6.07, 6.45) is 0. The molecule has 4 aromatic rings. The summed E-state index contributed by atoms with van der Waals surface area (Å²) >= 11 is 1.07. The number of sulfonamides is 1. The van der Waals surface area contributed by atoms with Crippen LogP contribution in [0.15, 0.2) is 70.3 Å². The van der Waals surface area contributed by atoms with Crippen molar-refractivity contribution >= 4 is 50.6 Å². The number of nitrogen functional groups attached to an aromatic ring is 1. The molecule has 174 valence electrons. The van der Waals surface area contributed by atoms with Crippen molar-refractivity contribution in [3.8, 4) is 0 Å². The van der Waals surface area contributed by atoms with Crippen LogP contribution in [0.2, 0.25) is 0 Å². The van der Waals surface area contributed by atoms with E-state index >= 15 is 0 Å². The van der Waals surface area contributed by atoms with Crippen molar-refractivity contribution in [2.75, 3.05) is 15.8 Å². The lowest BCUT2D eigenvalue weighted by atomic mass is 10.2. The quantitative estimate of drug-likeness (QED) is 0.310. The summed E-state index contributed by atoms with van der Waals surface area (Å²) in [5.74, 6) is -0.455. The molecular weight excluding hydrogens is 476 g/mol. The van der Waals surface area contributed by atoms with E-state index in [-0.39, 0.29) is 39.8 Å². The monoisotopic (exact) mass is 496 g/mol. The lowest BCUT2D eigenvalue weighted by Crippen LogP contribution is -2.16. The van der Waals surface area contributed by atoms with Crippen molar-refractivity contribution in [1.29, 1.82) is 0 Å². The van der Waals surface area contributed by atoms with E-state index in [1.165, 1.54) is 18.2 Å². The highest BCUT2D eigenvalue weighted by atomic mass is 32.2. The molecule has 0 radical (unpaired) electrons. The number of thiophene rings is 1. The second-order valence-electron chi connectivity index (χ2n) is 7.03. The molecule has 34 heavy (non-hydrogen) atoms. The molecule has 0 spiro atoms. The van der Waals surface area contributed by atoms with E-state index in [1.54, 1.807) is 23.6 Å². The molecule has 4 rings (SSSR count). The summed E-state index contributed by atoms with van der Waals surface area (Å²) in [7, 11) is -3.83. The van der Waals surface area contributed by atoms with Gasteiger partial charge in [-0.1, -0.05) is 36.4 Å². The smallest absolute Gasteiger partial charge is 0.340 e. The van der Waals surface area contributed by atoms with Crippen molar-refractivity contribution in [2.24, 2.45) is 0 Å². The number of carbonyl (C=O) groups is 1. The zero-order valence-corrected chi connectivity index (χ0v) is 19.6. The van der Waals surface area contributed by atoms with Crippen LogP contribution in [0.25, 0.3) is 0 Å². The van der Waals surface area contributed by atoms with Crippen LogP contribution in [0.5, 0.6) is 0 Å². The number of rotatable bonds is 8. The minimum Gasteiger partial charge on any atom is -0.454 e. The van der Waals surface area contributed by atoms with Gasteiger partial charge in [0, 0.05) is 5.69 Å². The molecule has 0 aliphatic rings. The zero-order chi connectivity index (χ0) is 24.1. The fourth-order valence-corrected chi connectivity index (χ4v) is 5.03. The predicted octanol–water partition coefficient (Wildman–Crippen LogP) is 3.73. The van der Waals surface area contributed by atoms with Crippen molar-refractivity contribution in [1.82, 2.24) is 15.0 Å². The fourth-order valence-electron chi connectivity index (χ4n) is 2.96. The van der Waals surface area contributed by atoms with Crippen LogP contribution >= 0.6 is 11.3 Å². The molecule has 0 amide bonds. The molecule has 0 aliphatic carbocycles. The molecule has 0 atom stereocenters. The maximum atomic E-state index is 12.7. The molecule has 0 fully saturated rings. The van der Waals surface area contributed by atoms with Crippen molar-refractivity contribution in [2.45, 2.75) is 17.7 Å². The standard InChI is InChI=1S/C22H20N6O4S2/c1-14-7-2-4-9-16(14)24-22-26-18(25-21(23)27-22)13-32-20(29)15-8-3-5-10-17(15)28-34(30,31)19-11-6-12-33-19/h2-12,28H,13H2,1H3,(H3,23,24,25,26,27). The Hall–Kier alpha value is -4.03. The highest BCUT2D eigenvalue weighted by Gasteiger charge is 2.20. The lowest BCUT2D eigenvalue weighted by molar-refractivity contribution is 0.0463. The molecule has 0 aliphatic heterocycles. The third-order valence-corrected chi connectivity index (χ3v) is 7.34. The first kappa shape index (κ1) is 23.1. The summed E-state index contributed by atoms with van der Waals surface area (Å²) in [5.41, 5.74) is 7.71. The number of benzene rings is 2. The molecular formula is C22H20N6O4S2. The number of hydrogen-bond acceptors (Lipinski definition) is 10. The van der Waals surface area contributed by atoms with Gasteiger partial charge in [0.05, 0.1) is 11.3 Å². The van der Waals surface area contributed by atoms with Crippen molar-refractivity contribution in [3.05, 3.63) is 83.0 Å². The SMILES string of the molecule is Cc1ccccc1Nc1nc(N)nc(COC(=O)c2ccccc2NS(=O)(=O)c2cccs2)n1. The van der Waals surface area contributed by atoms with E-state index < -0.39 is 16.0 Å². The number of anilines is 4. The Morgan fingerprint density at radius 1 is 1.00 bits per heavy atom. The third kappa shape index (κ3) is 5.47. The summed E-state index contributed by atoms with van der Waals surface area (Å²) in [5, 5.41) is 4.71. The highest BCUT2D eigenvalue weighted by molar-refractivity contribution is 7.94. The fraction of sp³-hybridized carbons (Fsp3) is 0.0909. The van der Waals surface area contributed by atoms with Crippen LogP contribution < -0.4 is 15.8 Å². The molecule has 2 aromatic carbocycles. The Kier molecular flexibility index (Phi) is 6.70. The van der Waals surface area contributed by atoms with Gasteiger partial charge in [-0.2, -0.15) is 15.0 Å². The Balaban J connectivity index is 1.48. The van der Waals surface area contributed by atoms with E-state index in [1.807, 2.05) is 31.2 Å². The average molecular weight is 497 g/mol. The number of carbonyl (C=O) groups excluding carboxylic acids is 1. The Morgan fingerprint density at radius 2 is 1.74 bits per heavy atom. The first-order valence-electron chi connectivity index (χ1n) is 9.97. The van der Waals surface area contributed by atoms with Crippen LogP contribution in [0, 0.1) is 6.92 Å². The summed E-state index contributed by atoms with van der Waals surface area (Å²) in [6.45, 7) is 1.64. The topological polar surface area (TPSA) is 149 Å². The van der Waals surface area contributed by atoms with Gasteiger partial charge >= 0.3 is 5.97 Å². The number of nitrogens with one attached hydrogen (secondary N) is 2. The number of hydrogen-bond donors (Lipinski definition) is 3. The van der Waals surface area contributed by atoms with Gasteiger partial charge in [-0.25, -0.2) is 13.2 Å². The minimum absolute atomic E-state index is 0.0405. The van der Waals surface area contributed by atoms with Gasteiger partial charge in [-0.05, 0) is 42.1 Å². The number of esters is 1. The van der Waals surface area contributed by atoms with Gasteiger partial charge in [0.2, 0.25) is 11.9 Å². The van der Waals surface area contributed by atoms with E-state index in [0.717, 1.165) is 22.6 Å². The van der Waals surface area contributed by atoms with Crippen molar-refractivity contribution in [3.63, 3.8) is 0 Å². The average Bonchev–Trinajstić information content (AvgIpc) is 3.35. The lowest BCUT2D eigenvalue weighted by Gasteiger charge is -2.12. The zero-order valence-electron chi connectivity index (χ0n) is 17.9. The van der Waals surface area contributed by atoms with Gasteiger partial charge < -0.3 is 15.8 Å². The maximum Gasteiger partial charge on any atom is 0.340 e. The van der Waals surface area contributed by atoms with Crippen LogP contribution in [0.1, 0.15) is 21.7 Å². The molecule has 2 heterocycles. The Labute approximate surface area is 199 Å². The third-order valence-electron chi connectivity index (χ3n) is 4.57. The largest absolute Gasteiger partial charge is 0.454 e. The molecule has 12 heteroatoms. The van der Waals surface area contributed by atoms with Gasteiger partial charge in [-0.15, -0.1) is 11.3 Å². The minimum atomic E-state index is -3.83. The van der Waals surface area contributed by atoms with Gasteiger partial charge in [0.1, 0.15) is 4.21 Å². The van der Waals surface area contributed by atoms with E-state index in [4.69, 9.17) is 10.5 Å². The number of ether oxygens (including phenoxy) is 1. The van der Waals surface area contributed by atoms with Gasteiger partial charge in [0.15, 0.2) is 12.4 Å². The highest BCUT2D eigenvalue weighted by Crippen LogP contribution is 2.24. The number of para-hydroxylation sites is 2. The second kappa shape index (κ2) is 9.85. The number of nitrogens with two attached hydrogens (primary N) is 1. The Bertz CT molecular complexity index is 1430. The molecule has 0 saturated carbocycles. The van der Waals surface area contributed by atoms with Gasteiger partial charge in [-0.3, -0.25) is 4.72 Å². The van der Waals surface area contributed by atoms with E-state index in [2.05, 4.69) is 25.0 Å². The first-order chi connectivity index (χ1) is 16.3. The van der Waals surface area contributed by atoms with Crippen LogP contribution in [0.4, 0.5) is 23.3 Å². The van der Waals surface area contributed by atoms with Crippen LogP contribution in [-0.4, -0.2) is 29.3 Å². The van der Waals surface area contributed by atoms with E-state index in [9.17, 15) is 13.2 Å². The summed E-state index contributed by atoms with van der Waals surface area (Å²) in [6, 6.07) is 16.8.